The maximum Gasteiger partial charge on any atom is 0.237 e. The van der Waals surface area contributed by atoms with E-state index in [-0.39, 0.29) is 11.9 Å². The van der Waals surface area contributed by atoms with Gasteiger partial charge in [-0.05, 0) is 34.1 Å². The lowest BCUT2D eigenvalue weighted by Gasteiger charge is -2.15. The Bertz CT molecular complexity index is 152. The van der Waals surface area contributed by atoms with E-state index in [0.29, 0.717) is 6.54 Å². The summed E-state index contributed by atoms with van der Waals surface area (Å²) < 4.78 is 0. The molecule has 5 nitrogen and oxygen atoms in total. The number of hydrogen-bond acceptors (Lipinski definition) is 4. The number of likely N-dealkylation sites (N-methyl/N-ethyl adjacent to an activating group) is 2. The van der Waals surface area contributed by atoms with Crippen molar-refractivity contribution in [3.05, 3.63) is 0 Å². The zero-order valence-corrected chi connectivity index (χ0v) is 9.31. The molecule has 0 aliphatic rings. The molecule has 0 heterocycles. The van der Waals surface area contributed by atoms with Crippen LogP contribution < -0.4 is 21.3 Å². The average Bonchev–Trinajstić information content (AvgIpc) is 2.19. The van der Waals surface area contributed by atoms with Gasteiger partial charge in [0.25, 0.3) is 0 Å². The Kier molecular flexibility index (Phi) is 8.51. The quantitative estimate of drug-likeness (QED) is 0.363. The Hall–Kier alpha value is -0.650. The largest absolute Gasteiger partial charge is 0.353 e. The van der Waals surface area contributed by atoms with Crippen molar-refractivity contribution in [1.29, 1.82) is 0 Å². The lowest BCUT2D eigenvalue weighted by Crippen LogP contribution is -2.45. The number of carbonyl (C=O) groups excluding carboxylic acids is 1. The van der Waals surface area contributed by atoms with E-state index in [9.17, 15) is 4.79 Å². The molecule has 0 bridgehead atoms. The predicted molar refractivity (Wildman–Crippen MR) is 58.3 cm³/mol. The van der Waals surface area contributed by atoms with Crippen LogP contribution in [0.5, 0.6) is 0 Å². The maximum atomic E-state index is 11.5. The fourth-order valence-electron chi connectivity index (χ4n) is 1.13. The molecule has 0 radical (unpaired) electrons. The van der Waals surface area contributed by atoms with E-state index < -0.39 is 0 Å². The molecule has 0 aliphatic heterocycles. The summed E-state index contributed by atoms with van der Waals surface area (Å²) in [5, 5.41) is 11.8. The first-order chi connectivity index (χ1) is 6.76. The van der Waals surface area contributed by atoms with Crippen LogP contribution in [0, 0.1) is 0 Å². The lowest BCUT2D eigenvalue weighted by atomic mass is 10.2. The Morgan fingerprint density at radius 1 is 1.07 bits per heavy atom. The molecule has 0 unspecified atom stereocenters. The van der Waals surface area contributed by atoms with Crippen LogP contribution >= 0.6 is 0 Å². The molecule has 14 heavy (non-hydrogen) atoms. The Balaban J connectivity index is 3.67. The van der Waals surface area contributed by atoms with E-state index in [1.54, 1.807) is 7.05 Å². The predicted octanol–water partition coefficient (Wildman–Crippen LogP) is -1.48. The Morgan fingerprint density at radius 2 is 1.71 bits per heavy atom. The minimum atomic E-state index is -0.0979. The highest BCUT2D eigenvalue weighted by Crippen LogP contribution is 1.89. The van der Waals surface area contributed by atoms with Gasteiger partial charge in [-0.15, -0.1) is 0 Å². The van der Waals surface area contributed by atoms with Crippen molar-refractivity contribution in [3.63, 3.8) is 0 Å². The van der Waals surface area contributed by atoms with E-state index >= 15 is 0 Å². The summed E-state index contributed by atoms with van der Waals surface area (Å²) in [4.78, 5) is 11.5. The number of hydrogen-bond donors (Lipinski definition) is 4. The third-order valence-corrected chi connectivity index (χ3v) is 2.02. The molecule has 0 aromatic rings. The third kappa shape index (κ3) is 5.90. The van der Waals surface area contributed by atoms with Gasteiger partial charge in [-0.25, -0.2) is 0 Å². The van der Waals surface area contributed by atoms with Crippen molar-refractivity contribution in [3.8, 4) is 0 Å². The minimum Gasteiger partial charge on any atom is -0.353 e. The molecule has 0 spiro atoms. The second kappa shape index (κ2) is 8.93. The first-order valence-electron chi connectivity index (χ1n) is 5.00. The van der Waals surface area contributed by atoms with Crippen LogP contribution in [0.4, 0.5) is 0 Å². The zero-order chi connectivity index (χ0) is 10.8. The number of nitrogens with one attached hydrogen (secondary N) is 4. The SMILES string of the molecule is CNCCNC(=O)[C@H](CCNC)NC. The molecule has 0 aliphatic carbocycles. The average molecular weight is 202 g/mol. The van der Waals surface area contributed by atoms with Gasteiger partial charge in [0.2, 0.25) is 5.91 Å². The van der Waals surface area contributed by atoms with Gasteiger partial charge in [-0.2, -0.15) is 0 Å². The monoisotopic (exact) mass is 202 g/mol. The zero-order valence-electron chi connectivity index (χ0n) is 9.31. The molecule has 4 N–H and O–H groups in total. The van der Waals surface area contributed by atoms with Crippen molar-refractivity contribution in [2.45, 2.75) is 12.5 Å². The van der Waals surface area contributed by atoms with Gasteiger partial charge in [0.15, 0.2) is 0 Å². The van der Waals surface area contributed by atoms with Crippen LogP contribution in [0.25, 0.3) is 0 Å². The maximum absolute atomic E-state index is 11.5. The van der Waals surface area contributed by atoms with Crippen LogP contribution in [-0.4, -0.2) is 52.7 Å². The summed E-state index contributed by atoms with van der Waals surface area (Å²) in [6.45, 7) is 2.31. The summed E-state index contributed by atoms with van der Waals surface area (Å²) in [6.07, 6.45) is 0.804. The second-order valence-corrected chi connectivity index (χ2v) is 3.13. The van der Waals surface area contributed by atoms with Crippen molar-refractivity contribution >= 4 is 5.91 Å². The molecule has 0 aromatic heterocycles. The van der Waals surface area contributed by atoms with E-state index in [4.69, 9.17) is 0 Å². The fourth-order valence-corrected chi connectivity index (χ4v) is 1.13. The van der Waals surface area contributed by atoms with E-state index in [0.717, 1.165) is 19.5 Å². The van der Waals surface area contributed by atoms with Gasteiger partial charge in [-0.3, -0.25) is 4.79 Å². The molecule has 0 fully saturated rings. The lowest BCUT2D eigenvalue weighted by molar-refractivity contribution is -0.123. The Labute approximate surface area is 86.0 Å². The molecular weight excluding hydrogens is 180 g/mol. The molecule has 84 valence electrons. The fraction of sp³-hybridized carbons (Fsp3) is 0.889. The first kappa shape index (κ1) is 13.4. The standard InChI is InChI=1S/C9H22N4O/c1-10-5-4-8(12-3)9(14)13-7-6-11-2/h8,10-12H,4-7H2,1-3H3,(H,13,14)/t8-/m0/s1. The van der Waals surface area contributed by atoms with Gasteiger partial charge in [0.05, 0.1) is 6.04 Å². The molecular formula is C9H22N4O. The molecule has 1 amide bonds. The summed E-state index contributed by atoms with van der Waals surface area (Å²) >= 11 is 0. The molecule has 1 atom stereocenters. The summed E-state index contributed by atoms with van der Waals surface area (Å²) in [7, 11) is 5.55. The van der Waals surface area contributed by atoms with Gasteiger partial charge in [0.1, 0.15) is 0 Å². The van der Waals surface area contributed by atoms with Gasteiger partial charge >= 0.3 is 0 Å². The highest BCUT2D eigenvalue weighted by molar-refractivity contribution is 5.81. The normalized spacial score (nSPS) is 12.5. The van der Waals surface area contributed by atoms with Crippen molar-refractivity contribution in [1.82, 2.24) is 21.3 Å². The smallest absolute Gasteiger partial charge is 0.237 e. The molecule has 0 aromatic carbocycles. The minimum absolute atomic E-state index is 0.0676. The van der Waals surface area contributed by atoms with Crippen LogP contribution in [0.1, 0.15) is 6.42 Å². The molecule has 0 saturated heterocycles. The molecule has 0 saturated carbocycles. The van der Waals surface area contributed by atoms with E-state index in [1.165, 1.54) is 0 Å². The van der Waals surface area contributed by atoms with Crippen molar-refractivity contribution in [2.75, 3.05) is 40.8 Å². The summed E-state index contributed by atoms with van der Waals surface area (Å²) in [5.74, 6) is 0.0676. The van der Waals surface area contributed by atoms with Crippen LogP contribution in [0.3, 0.4) is 0 Å². The van der Waals surface area contributed by atoms with Crippen LogP contribution in [0.2, 0.25) is 0 Å². The molecule has 0 rings (SSSR count). The topological polar surface area (TPSA) is 65.2 Å². The highest BCUT2D eigenvalue weighted by atomic mass is 16.2. The van der Waals surface area contributed by atoms with Crippen LogP contribution in [-0.2, 0) is 4.79 Å². The highest BCUT2D eigenvalue weighted by Gasteiger charge is 2.14. The van der Waals surface area contributed by atoms with Gasteiger partial charge in [-0.1, -0.05) is 0 Å². The second-order valence-electron chi connectivity index (χ2n) is 3.13. The van der Waals surface area contributed by atoms with Crippen molar-refractivity contribution < 1.29 is 4.79 Å². The first-order valence-corrected chi connectivity index (χ1v) is 5.00. The number of amides is 1. The summed E-state index contributed by atoms with van der Waals surface area (Å²) in [6, 6.07) is -0.0979. The molecule has 5 heteroatoms. The third-order valence-electron chi connectivity index (χ3n) is 2.02. The number of rotatable bonds is 8. The van der Waals surface area contributed by atoms with Gasteiger partial charge < -0.3 is 21.3 Å². The summed E-state index contributed by atoms with van der Waals surface area (Å²) in [5.41, 5.74) is 0. The van der Waals surface area contributed by atoms with E-state index in [2.05, 4.69) is 21.3 Å². The van der Waals surface area contributed by atoms with E-state index in [1.807, 2.05) is 14.1 Å². The van der Waals surface area contributed by atoms with Gasteiger partial charge in [0, 0.05) is 13.1 Å². The number of carbonyl (C=O) groups is 1. The Morgan fingerprint density at radius 3 is 2.21 bits per heavy atom. The van der Waals surface area contributed by atoms with Crippen molar-refractivity contribution in [2.24, 2.45) is 0 Å². The van der Waals surface area contributed by atoms with Crippen LogP contribution in [0.15, 0.2) is 0 Å².